The van der Waals surface area contributed by atoms with Crippen LogP contribution >= 0.6 is 27.5 Å². The first-order chi connectivity index (χ1) is 9.06. The lowest BCUT2D eigenvalue weighted by molar-refractivity contribution is 0.0940. The molecule has 2 aromatic rings. The molecule has 0 aliphatic carbocycles. The van der Waals surface area contributed by atoms with Gasteiger partial charge in [-0.2, -0.15) is 0 Å². The van der Waals surface area contributed by atoms with Gasteiger partial charge in [0.25, 0.3) is 5.91 Å². The molecular formula is C15H13BrClNO. The van der Waals surface area contributed by atoms with E-state index in [1.54, 1.807) is 24.3 Å². The number of carbonyl (C=O) groups excluding carboxylic acids is 1. The second-order valence-electron chi connectivity index (χ2n) is 4.26. The Kier molecular flexibility index (Phi) is 4.61. The zero-order valence-corrected chi connectivity index (χ0v) is 12.7. The average molecular weight is 339 g/mol. The van der Waals surface area contributed by atoms with Crippen molar-refractivity contribution in [3.05, 3.63) is 69.2 Å². The quantitative estimate of drug-likeness (QED) is 0.871. The van der Waals surface area contributed by atoms with Crippen LogP contribution in [0.3, 0.4) is 0 Å². The number of amides is 1. The Balaban J connectivity index is 2.08. The third-order valence-corrected chi connectivity index (χ3v) is 3.55. The second kappa shape index (κ2) is 6.22. The molecule has 0 bridgehead atoms. The number of rotatable bonds is 3. The molecule has 2 nitrogen and oxygen atoms in total. The molecule has 0 saturated heterocycles. The van der Waals surface area contributed by atoms with Gasteiger partial charge in [0, 0.05) is 15.1 Å². The molecule has 0 heterocycles. The van der Waals surface area contributed by atoms with E-state index in [2.05, 4.69) is 21.2 Å². The molecule has 98 valence electrons. The molecule has 19 heavy (non-hydrogen) atoms. The summed E-state index contributed by atoms with van der Waals surface area (Å²) in [6.45, 7) is 1.95. The smallest absolute Gasteiger partial charge is 0.251 e. The third kappa shape index (κ3) is 3.82. The van der Waals surface area contributed by atoms with Gasteiger partial charge in [-0.15, -0.1) is 0 Å². The van der Waals surface area contributed by atoms with E-state index < -0.39 is 0 Å². The number of hydrogen-bond acceptors (Lipinski definition) is 1. The van der Waals surface area contributed by atoms with Gasteiger partial charge < -0.3 is 5.32 Å². The molecule has 0 spiro atoms. The molecule has 4 heteroatoms. The van der Waals surface area contributed by atoms with Crippen molar-refractivity contribution in [3.63, 3.8) is 0 Å². The van der Waals surface area contributed by atoms with Crippen LogP contribution < -0.4 is 5.32 Å². The van der Waals surface area contributed by atoms with Crippen molar-refractivity contribution in [2.45, 2.75) is 13.0 Å². The molecule has 0 radical (unpaired) electrons. The lowest BCUT2D eigenvalue weighted by Gasteiger charge is -2.14. The fraction of sp³-hybridized carbons (Fsp3) is 0.133. The summed E-state index contributed by atoms with van der Waals surface area (Å²) >= 11 is 9.22. The monoisotopic (exact) mass is 337 g/mol. The fourth-order valence-electron chi connectivity index (χ4n) is 1.74. The summed E-state index contributed by atoms with van der Waals surface area (Å²) in [5, 5.41) is 3.58. The van der Waals surface area contributed by atoms with Gasteiger partial charge in [-0.25, -0.2) is 0 Å². The number of hydrogen-bond donors (Lipinski definition) is 1. The van der Waals surface area contributed by atoms with Crippen molar-refractivity contribution in [2.75, 3.05) is 0 Å². The summed E-state index contributed by atoms with van der Waals surface area (Å²) in [5.41, 5.74) is 1.66. The van der Waals surface area contributed by atoms with Crippen LogP contribution in [0.25, 0.3) is 0 Å². The molecule has 0 unspecified atom stereocenters. The highest BCUT2D eigenvalue weighted by Crippen LogP contribution is 2.18. The fourth-order valence-corrected chi connectivity index (χ4v) is 2.28. The molecule has 0 fully saturated rings. The predicted molar refractivity (Wildman–Crippen MR) is 81.5 cm³/mol. The van der Waals surface area contributed by atoms with E-state index in [-0.39, 0.29) is 11.9 Å². The van der Waals surface area contributed by atoms with E-state index in [1.165, 1.54) is 0 Å². The number of benzene rings is 2. The number of nitrogens with one attached hydrogen (secondary N) is 1. The average Bonchev–Trinajstić information content (AvgIpc) is 2.39. The molecule has 1 amide bonds. The molecule has 0 aliphatic heterocycles. The van der Waals surface area contributed by atoms with E-state index in [0.717, 1.165) is 10.0 Å². The Morgan fingerprint density at radius 3 is 2.53 bits per heavy atom. The highest BCUT2D eigenvalue weighted by molar-refractivity contribution is 9.10. The summed E-state index contributed by atoms with van der Waals surface area (Å²) in [7, 11) is 0. The van der Waals surface area contributed by atoms with Crippen molar-refractivity contribution >= 4 is 33.4 Å². The van der Waals surface area contributed by atoms with E-state index >= 15 is 0 Å². The van der Waals surface area contributed by atoms with Crippen molar-refractivity contribution < 1.29 is 4.79 Å². The first-order valence-electron chi connectivity index (χ1n) is 5.88. The van der Waals surface area contributed by atoms with E-state index in [0.29, 0.717) is 10.6 Å². The van der Waals surface area contributed by atoms with Gasteiger partial charge in [0.1, 0.15) is 0 Å². The normalized spacial score (nSPS) is 11.9. The van der Waals surface area contributed by atoms with Crippen molar-refractivity contribution in [2.24, 2.45) is 0 Å². The van der Waals surface area contributed by atoms with Crippen molar-refractivity contribution in [1.82, 2.24) is 5.32 Å². The van der Waals surface area contributed by atoms with E-state index in [4.69, 9.17) is 11.6 Å². The zero-order valence-electron chi connectivity index (χ0n) is 10.4. The second-order valence-corrected chi connectivity index (χ2v) is 5.61. The van der Waals surface area contributed by atoms with Crippen LogP contribution in [0.5, 0.6) is 0 Å². The third-order valence-electron chi connectivity index (χ3n) is 2.80. The Morgan fingerprint density at radius 1 is 1.21 bits per heavy atom. The van der Waals surface area contributed by atoms with Crippen LogP contribution in [0.4, 0.5) is 0 Å². The minimum Gasteiger partial charge on any atom is -0.346 e. The Morgan fingerprint density at radius 2 is 1.89 bits per heavy atom. The molecule has 2 rings (SSSR count). The minimum atomic E-state index is -0.107. The first-order valence-corrected chi connectivity index (χ1v) is 7.05. The molecule has 1 N–H and O–H groups in total. The van der Waals surface area contributed by atoms with Crippen LogP contribution in [0.15, 0.2) is 53.0 Å². The van der Waals surface area contributed by atoms with Gasteiger partial charge in [0.15, 0.2) is 0 Å². The van der Waals surface area contributed by atoms with Crippen LogP contribution in [-0.4, -0.2) is 5.91 Å². The zero-order chi connectivity index (χ0) is 13.8. The molecule has 0 saturated carbocycles. The summed E-state index contributed by atoms with van der Waals surface area (Å²) in [5.74, 6) is -0.107. The highest BCUT2D eigenvalue weighted by atomic mass is 79.9. The maximum absolute atomic E-state index is 12.1. The molecule has 1 atom stereocenters. The Labute approximate surface area is 125 Å². The Bertz CT molecular complexity index is 583. The summed E-state index contributed by atoms with van der Waals surface area (Å²) in [6.07, 6.45) is 0. The van der Waals surface area contributed by atoms with Gasteiger partial charge in [0.05, 0.1) is 6.04 Å². The molecular weight excluding hydrogens is 326 g/mol. The van der Waals surface area contributed by atoms with Crippen LogP contribution in [0.2, 0.25) is 5.02 Å². The van der Waals surface area contributed by atoms with Crippen molar-refractivity contribution in [3.8, 4) is 0 Å². The van der Waals surface area contributed by atoms with E-state index in [9.17, 15) is 4.79 Å². The van der Waals surface area contributed by atoms with E-state index in [1.807, 2.05) is 31.2 Å². The summed E-state index contributed by atoms with van der Waals surface area (Å²) < 4.78 is 0.998. The van der Waals surface area contributed by atoms with Crippen LogP contribution in [-0.2, 0) is 0 Å². The van der Waals surface area contributed by atoms with Crippen molar-refractivity contribution in [1.29, 1.82) is 0 Å². The Hall–Kier alpha value is -1.32. The standard InChI is InChI=1S/C15H13BrClNO/c1-10(12-3-2-4-13(16)9-12)18-15(19)11-5-7-14(17)8-6-11/h2-10H,1H3,(H,18,19)/t10-/m1/s1. The maximum atomic E-state index is 12.1. The molecule has 2 aromatic carbocycles. The molecule has 0 aromatic heterocycles. The summed E-state index contributed by atoms with van der Waals surface area (Å²) in [4.78, 5) is 12.1. The topological polar surface area (TPSA) is 29.1 Å². The van der Waals surface area contributed by atoms with Gasteiger partial charge >= 0.3 is 0 Å². The van der Waals surface area contributed by atoms with Crippen LogP contribution in [0, 0.1) is 0 Å². The van der Waals surface area contributed by atoms with Gasteiger partial charge in [-0.3, -0.25) is 4.79 Å². The largest absolute Gasteiger partial charge is 0.346 e. The number of carbonyl (C=O) groups is 1. The SMILES string of the molecule is C[C@@H](NC(=O)c1ccc(Cl)cc1)c1cccc(Br)c1. The summed E-state index contributed by atoms with van der Waals surface area (Å²) in [6, 6.07) is 14.7. The highest BCUT2D eigenvalue weighted by Gasteiger charge is 2.11. The van der Waals surface area contributed by atoms with Crippen LogP contribution in [0.1, 0.15) is 28.9 Å². The minimum absolute atomic E-state index is 0.0549. The van der Waals surface area contributed by atoms with Gasteiger partial charge in [-0.1, -0.05) is 39.7 Å². The molecule has 0 aliphatic rings. The van der Waals surface area contributed by atoms with Gasteiger partial charge in [-0.05, 0) is 48.9 Å². The lowest BCUT2D eigenvalue weighted by atomic mass is 10.1. The predicted octanol–water partition coefficient (Wildman–Crippen LogP) is 4.59. The first kappa shape index (κ1) is 14.1. The maximum Gasteiger partial charge on any atom is 0.251 e. The van der Waals surface area contributed by atoms with Gasteiger partial charge in [0.2, 0.25) is 0 Å². The lowest BCUT2D eigenvalue weighted by Crippen LogP contribution is -2.26. The number of halogens is 2.